The Hall–Kier alpha value is -4.06. The Kier molecular flexibility index (Phi) is 8.40. The standard InChI is InChI=1S/C22H22N4O5.C2H6/c1-14(5-4-10-23-15(2)27)8-9-22(20(29)24-21(30)25-22)13-26-12-16-6-7-17(31-3)11-18(16)19(26)28;1-2/h4-7,10-11H,12-13H2,1-3H3,(H,23,27)(H2,24,25,29,30);1-2H3/b10-4-,14-5+;/t22-;/m1./s1. The van der Waals surface area contributed by atoms with Crippen molar-refractivity contribution in [2.75, 3.05) is 13.7 Å². The zero-order valence-corrected chi connectivity index (χ0v) is 19.4. The summed E-state index contributed by atoms with van der Waals surface area (Å²) < 4.78 is 5.18. The van der Waals surface area contributed by atoms with Crippen molar-refractivity contribution in [1.29, 1.82) is 0 Å². The van der Waals surface area contributed by atoms with Crippen LogP contribution in [-0.2, 0) is 16.1 Å². The van der Waals surface area contributed by atoms with Gasteiger partial charge in [-0.05, 0) is 42.3 Å². The van der Waals surface area contributed by atoms with Gasteiger partial charge in [0.15, 0.2) is 0 Å². The second-order valence-electron chi connectivity index (χ2n) is 7.16. The van der Waals surface area contributed by atoms with E-state index in [1.165, 1.54) is 25.1 Å². The SMILES string of the molecule is CC.COc1ccc2c(c1)C(=O)N(C[C@@]1(C#C/C(C)=C/C=C\NC(C)=O)NC(=O)NC1=O)C2. The van der Waals surface area contributed by atoms with Gasteiger partial charge in [0.25, 0.3) is 11.8 Å². The van der Waals surface area contributed by atoms with Crippen molar-refractivity contribution in [3.05, 3.63) is 53.3 Å². The third-order valence-corrected chi connectivity index (χ3v) is 4.77. The number of fused-ring (bicyclic) bond motifs is 1. The number of ether oxygens (including phenoxy) is 1. The number of benzene rings is 1. The summed E-state index contributed by atoms with van der Waals surface area (Å²) in [6.45, 7) is 7.29. The van der Waals surface area contributed by atoms with Gasteiger partial charge in [0.05, 0.1) is 13.7 Å². The summed E-state index contributed by atoms with van der Waals surface area (Å²) in [7, 11) is 1.52. The highest BCUT2D eigenvalue weighted by Crippen LogP contribution is 2.28. The molecule has 3 N–H and O–H groups in total. The molecule has 0 radical (unpaired) electrons. The van der Waals surface area contributed by atoms with Gasteiger partial charge in [-0.1, -0.05) is 31.8 Å². The molecule has 0 saturated carbocycles. The molecule has 1 aromatic carbocycles. The Balaban J connectivity index is 0.00000187. The summed E-state index contributed by atoms with van der Waals surface area (Å²) in [4.78, 5) is 49.7. The highest BCUT2D eigenvalue weighted by molar-refractivity contribution is 6.10. The molecule has 0 bridgehead atoms. The van der Waals surface area contributed by atoms with Crippen molar-refractivity contribution >= 4 is 23.8 Å². The van der Waals surface area contributed by atoms with Crippen LogP contribution in [0.4, 0.5) is 4.79 Å². The number of carbonyl (C=O) groups excluding carboxylic acids is 4. The molecule has 2 aliphatic heterocycles. The van der Waals surface area contributed by atoms with Crippen LogP contribution in [0.5, 0.6) is 5.75 Å². The first kappa shape index (κ1) is 25.2. The number of urea groups is 1. The molecule has 5 amide bonds. The van der Waals surface area contributed by atoms with Crippen molar-refractivity contribution in [1.82, 2.24) is 20.9 Å². The fourth-order valence-corrected chi connectivity index (χ4v) is 3.22. The maximum atomic E-state index is 12.9. The Bertz CT molecular complexity index is 1080. The molecule has 3 rings (SSSR count). The van der Waals surface area contributed by atoms with Crippen LogP contribution in [0, 0.1) is 11.8 Å². The summed E-state index contributed by atoms with van der Waals surface area (Å²) in [6, 6.07) is 4.54. The summed E-state index contributed by atoms with van der Waals surface area (Å²) in [6.07, 6.45) is 4.70. The quantitative estimate of drug-likeness (QED) is 0.358. The smallest absolute Gasteiger partial charge is 0.323 e. The van der Waals surface area contributed by atoms with E-state index in [1.807, 2.05) is 13.8 Å². The van der Waals surface area contributed by atoms with Gasteiger partial charge in [-0.15, -0.1) is 0 Å². The minimum atomic E-state index is -1.57. The molecule has 174 valence electrons. The van der Waals surface area contributed by atoms with E-state index in [0.29, 0.717) is 23.4 Å². The third kappa shape index (κ3) is 6.01. The largest absolute Gasteiger partial charge is 0.497 e. The Morgan fingerprint density at radius 1 is 1.27 bits per heavy atom. The van der Waals surface area contributed by atoms with E-state index >= 15 is 0 Å². The van der Waals surface area contributed by atoms with E-state index in [-0.39, 0.29) is 18.4 Å². The topological polar surface area (TPSA) is 117 Å². The van der Waals surface area contributed by atoms with E-state index in [4.69, 9.17) is 4.74 Å². The zero-order chi connectivity index (χ0) is 24.6. The number of rotatable bonds is 5. The first-order chi connectivity index (χ1) is 15.7. The van der Waals surface area contributed by atoms with Gasteiger partial charge >= 0.3 is 6.03 Å². The number of imide groups is 1. The number of hydrogen-bond acceptors (Lipinski definition) is 5. The molecule has 0 aliphatic carbocycles. The van der Waals surface area contributed by atoms with E-state index in [0.717, 1.165) is 5.56 Å². The molecule has 0 unspecified atom stereocenters. The summed E-state index contributed by atoms with van der Waals surface area (Å²) >= 11 is 0. The normalized spacial score (nSPS) is 19.1. The molecule has 33 heavy (non-hydrogen) atoms. The maximum Gasteiger partial charge on any atom is 0.323 e. The first-order valence-corrected chi connectivity index (χ1v) is 10.5. The van der Waals surface area contributed by atoms with Gasteiger partial charge in [0.1, 0.15) is 5.75 Å². The van der Waals surface area contributed by atoms with E-state index in [1.54, 1.807) is 37.3 Å². The van der Waals surface area contributed by atoms with Crippen LogP contribution in [0.25, 0.3) is 0 Å². The van der Waals surface area contributed by atoms with Gasteiger partial charge in [0.2, 0.25) is 11.4 Å². The van der Waals surface area contributed by atoms with Crippen LogP contribution in [0.2, 0.25) is 0 Å². The first-order valence-electron chi connectivity index (χ1n) is 10.5. The second kappa shape index (κ2) is 11.0. The molecule has 1 atom stereocenters. The lowest BCUT2D eigenvalue weighted by Gasteiger charge is -2.26. The van der Waals surface area contributed by atoms with Crippen molar-refractivity contribution in [2.24, 2.45) is 0 Å². The number of hydrogen-bond donors (Lipinski definition) is 3. The zero-order valence-electron chi connectivity index (χ0n) is 19.4. The second-order valence-corrected chi connectivity index (χ2v) is 7.16. The highest BCUT2D eigenvalue weighted by Gasteiger charge is 2.48. The number of nitrogens with one attached hydrogen (secondary N) is 3. The Labute approximate surface area is 193 Å². The molecule has 0 spiro atoms. The molecule has 1 fully saturated rings. The van der Waals surface area contributed by atoms with Crippen molar-refractivity contribution < 1.29 is 23.9 Å². The summed E-state index contributed by atoms with van der Waals surface area (Å²) in [5.74, 6) is 5.14. The van der Waals surface area contributed by atoms with Crippen molar-refractivity contribution in [3.8, 4) is 17.6 Å². The average molecular weight is 453 g/mol. The molecule has 9 heteroatoms. The van der Waals surface area contributed by atoms with Crippen molar-refractivity contribution in [3.63, 3.8) is 0 Å². The highest BCUT2D eigenvalue weighted by atomic mass is 16.5. The van der Waals surface area contributed by atoms with Crippen LogP contribution < -0.4 is 20.7 Å². The molecule has 9 nitrogen and oxygen atoms in total. The molecule has 1 aromatic rings. The van der Waals surface area contributed by atoms with Crippen LogP contribution in [0.3, 0.4) is 0 Å². The molecular weight excluding hydrogens is 424 g/mol. The van der Waals surface area contributed by atoms with Gasteiger partial charge in [-0.25, -0.2) is 4.79 Å². The summed E-state index contributed by atoms with van der Waals surface area (Å²) in [5.41, 5.74) is 0.315. The van der Waals surface area contributed by atoms with E-state index < -0.39 is 17.5 Å². The van der Waals surface area contributed by atoms with Gasteiger partial charge < -0.3 is 20.3 Å². The number of carbonyl (C=O) groups is 4. The minimum absolute atomic E-state index is 0.109. The third-order valence-electron chi connectivity index (χ3n) is 4.77. The number of methoxy groups -OCH3 is 1. The van der Waals surface area contributed by atoms with Crippen LogP contribution in [0.15, 0.2) is 42.1 Å². The molecule has 0 aromatic heterocycles. The fourth-order valence-electron chi connectivity index (χ4n) is 3.22. The van der Waals surface area contributed by atoms with Crippen LogP contribution in [0.1, 0.15) is 43.6 Å². The predicted octanol–water partition coefficient (Wildman–Crippen LogP) is 1.85. The lowest BCUT2D eigenvalue weighted by Crippen LogP contribution is -2.54. The lowest BCUT2D eigenvalue weighted by molar-refractivity contribution is -0.122. The fraction of sp³-hybridized carbons (Fsp3) is 0.333. The van der Waals surface area contributed by atoms with Crippen LogP contribution in [-0.4, -0.2) is 47.8 Å². The van der Waals surface area contributed by atoms with Crippen molar-refractivity contribution in [2.45, 2.75) is 39.8 Å². The molecular formula is C24H28N4O5. The maximum absolute atomic E-state index is 12.9. The van der Waals surface area contributed by atoms with E-state index in [2.05, 4.69) is 27.8 Å². The summed E-state index contributed by atoms with van der Waals surface area (Å²) in [5, 5.41) is 7.25. The Morgan fingerprint density at radius 3 is 2.61 bits per heavy atom. The van der Waals surface area contributed by atoms with Gasteiger partial charge in [-0.3, -0.25) is 19.7 Å². The molecule has 1 saturated heterocycles. The number of nitrogens with zero attached hydrogens (tertiary/aromatic N) is 1. The average Bonchev–Trinajstić information content (AvgIpc) is 3.25. The predicted molar refractivity (Wildman–Crippen MR) is 123 cm³/mol. The minimum Gasteiger partial charge on any atom is -0.497 e. The Morgan fingerprint density at radius 2 is 2.00 bits per heavy atom. The van der Waals surface area contributed by atoms with Gasteiger partial charge in [0, 0.05) is 25.2 Å². The monoisotopic (exact) mass is 452 g/mol. The molecule has 2 heterocycles. The number of amides is 5. The molecule has 2 aliphatic rings. The number of allylic oxidation sites excluding steroid dienone is 3. The van der Waals surface area contributed by atoms with Gasteiger partial charge in [-0.2, -0.15) is 0 Å². The van der Waals surface area contributed by atoms with E-state index in [9.17, 15) is 19.2 Å². The lowest BCUT2D eigenvalue weighted by atomic mass is 9.99. The van der Waals surface area contributed by atoms with Crippen LogP contribution >= 0.6 is 0 Å².